The van der Waals surface area contributed by atoms with Crippen LogP contribution in [-0.2, 0) is 13.0 Å². The average Bonchev–Trinajstić information content (AvgIpc) is 2.86. The third kappa shape index (κ3) is 4.65. The van der Waals surface area contributed by atoms with Crippen LogP contribution in [0, 0.1) is 0 Å². The van der Waals surface area contributed by atoms with Crippen LogP contribution in [-0.4, -0.2) is 25.8 Å². The van der Waals surface area contributed by atoms with E-state index in [4.69, 9.17) is 9.47 Å². The van der Waals surface area contributed by atoms with Crippen LogP contribution in [0.1, 0.15) is 17.5 Å². The molecule has 0 atom stereocenters. The van der Waals surface area contributed by atoms with Crippen LogP contribution in [0.2, 0.25) is 0 Å². The van der Waals surface area contributed by atoms with Crippen molar-refractivity contribution < 1.29 is 14.3 Å². The van der Waals surface area contributed by atoms with E-state index < -0.39 is 0 Å². The number of fused-ring (bicyclic) bond motifs is 1. The fourth-order valence-electron chi connectivity index (χ4n) is 2.52. The van der Waals surface area contributed by atoms with Gasteiger partial charge in [-0.1, -0.05) is 36.4 Å². The van der Waals surface area contributed by atoms with Crippen molar-refractivity contribution in [3.63, 3.8) is 0 Å². The molecule has 1 aliphatic rings. The van der Waals surface area contributed by atoms with Gasteiger partial charge in [0.25, 0.3) is 0 Å². The maximum absolute atomic E-state index is 11.8. The van der Waals surface area contributed by atoms with Crippen molar-refractivity contribution in [2.24, 2.45) is 0 Å². The maximum atomic E-state index is 11.8. The van der Waals surface area contributed by atoms with E-state index in [1.807, 2.05) is 48.5 Å². The molecule has 1 aliphatic heterocycles. The van der Waals surface area contributed by atoms with Gasteiger partial charge in [0.1, 0.15) is 0 Å². The minimum absolute atomic E-state index is 0.159. The van der Waals surface area contributed by atoms with Crippen LogP contribution < -0.4 is 20.1 Å². The number of ether oxygens (including phenoxy) is 2. The molecule has 0 saturated carbocycles. The summed E-state index contributed by atoms with van der Waals surface area (Å²) in [6, 6.07) is 15.6. The number of benzene rings is 2. The molecule has 2 aromatic carbocycles. The van der Waals surface area contributed by atoms with E-state index in [0.717, 1.165) is 35.5 Å². The molecule has 0 spiro atoms. The van der Waals surface area contributed by atoms with Crippen molar-refractivity contribution in [2.45, 2.75) is 19.4 Å². The number of nitrogens with one attached hydrogen (secondary N) is 2. The second-order valence-corrected chi connectivity index (χ2v) is 5.68. The van der Waals surface area contributed by atoms with Crippen molar-refractivity contribution in [2.75, 3.05) is 19.8 Å². The highest BCUT2D eigenvalue weighted by molar-refractivity contribution is 5.73. The van der Waals surface area contributed by atoms with Gasteiger partial charge >= 0.3 is 6.03 Å². The summed E-state index contributed by atoms with van der Waals surface area (Å²) in [5.74, 6) is 1.59. The van der Waals surface area contributed by atoms with Crippen molar-refractivity contribution in [3.05, 3.63) is 59.7 Å². The number of urea groups is 1. The normalized spacial score (nSPS) is 13.0. The predicted molar refractivity (Wildman–Crippen MR) is 92.4 cm³/mol. The van der Waals surface area contributed by atoms with Crippen LogP contribution in [0.3, 0.4) is 0 Å². The topological polar surface area (TPSA) is 59.6 Å². The van der Waals surface area contributed by atoms with Gasteiger partial charge in [0, 0.05) is 19.5 Å². The van der Waals surface area contributed by atoms with E-state index in [9.17, 15) is 4.79 Å². The molecule has 0 bridgehead atoms. The van der Waals surface area contributed by atoms with E-state index in [-0.39, 0.29) is 6.03 Å². The fourth-order valence-corrected chi connectivity index (χ4v) is 2.52. The highest BCUT2D eigenvalue weighted by atomic mass is 16.5. The van der Waals surface area contributed by atoms with Crippen molar-refractivity contribution >= 4 is 6.03 Å². The van der Waals surface area contributed by atoms with Gasteiger partial charge in [-0.2, -0.15) is 0 Å². The number of hydrogen-bond donors (Lipinski definition) is 2. The van der Waals surface area contributed by atoms with E-state index in [1.165, 1.54) is 0 Å². The smallest absolute Gasteiger partial charge is 0.315 e. The first kappa shape index (κ1) is 16.2. The van der Waals surface area contributed by atoms with Crippen molar-refractivity contribution in [1.82, 2.24) is 10.6 Å². The minimum atomic E-state index is -0.159. The molecule has 0 radical (unpaired) electrons. The van der Waals surface area contributed by atoms with Crippen LogP contribution in [0.15, 0.2) is 48.5 Å². The lowest BCUT2D eigenvalue weighted by molar-refractivity contribution is 0.240. The Morgan fingerprint density at radius 2 is 1.71 bits per heavy atom. The molecule has 0 saturated heterocycles. The number of amides is 2. The Bertz CT molecular complexity index is 674. The monoisotopic (exact) mass is 326 g/mol. The Morgan fingerprint density at radius 3 is 2.54 bits per heavy atom. The summed E-state index contributed by atoms with van der Waals surface area (Å²) in [6.07, 6.45) is 1.64. The quantitative estimate of drug-likeness (QED) is 0.888. The van der Waals surface area contributed by atoms with Gasteiger partial charge in [-0.3, -0.25) is 0 Å². The molecule has 5 nitrogen and oxygen atoms in total. The van der Waals surface area contributed by atoms with Crippen molar-refractivity contribution in [1.29, 1.82) is 0 Å². The first-order valence-electron chi connectivity index (χ1n) is 8.25. The lowest BCUT2D eigenvalue weighted by Crippen LogP contribution is -2.36. The summed E-state index contributed by atoms with van der Waals surface area (Å²) in [7, 11) is 0. The summed E-state index contributed by atoms with van der Waals surface area (Å²) in [6.45, 7) is 2.46. The molecule has 2 aromatic rings. The fraction of sp³-hybridized carbons (Fsp3) is 0.316. The Balaban J connectivity index is 1.43. The lowest BCUT2D eigenvalue weighted by atomic mass is 10.1. The Morgan fingerprint density at radius 1 is 0.917 bits per heavy atom. The minimum Gasteiger partial charge on any atom is -0.490 e. The molecule has 0 aliphatic carbocycles. The number of hydrogen-bond acceptors (Lipinski definition) is 3. The van der Waals surface area contributed by atoms with Gasteiger partial charge in [0.05, 0.1) is 13.2 Å². The van der Waals surface area contributed by atoms with Gasteiger partial charge < -0.3 is 20.1 Å². The maximum Gasteiger partial charge on any atom is 0.315 e. The highest BCUT2D eigenvalue weighted by Gasteiger charge is 2.10. The van der Waals surface area contributed by atoms with Crippen molar-refractivity contribution in [3.8, 4) is 11.5 Å². The SMILES string of the molecule is O=C(NCCc1ccc2c(c1)OCCCO2)NCc1ccccc1. The van der Waals surface area contributed by atoms with E-state index >= 15 is 0 Å². The molecule has 126 valence electrons. The van der Waals surface area contributed by atoms with E-state index in [0.29, 0.717) is 26.3 Å². The zero-order chi connectivity index (χ0) is 16.6. The summed E-state index contributed by atoms with van der Waals surface area (Å²) in [5.41, 5.74) is 2.19. The van der Waals surface area contributed by atoms with Gasteiger partial charge in [-0.05, 0) is 29.7 Å². The second kappa shape index (κ2) is 8.24. The molecule has 3 rings (SSSR count). The number of rotatable bonds is 5. The standard InChI is InChI=1S/C19H22N2O3/c22-19(21-14-16-5-2-1-3-6-16)20-10-9-15-7-8-17-18(13-15)24-12-4-11-23-17/h1-3,5-8,13H,4,9-12,14H2,(H2,20,21,22). The predicted octanol–water partition coefficient (Wildman–Crippen LogP) is 2.89. The third-order valence-corrected chi connectivity index (χ3v) is 3.81. The zero-order valence-corrected chi connectivity index (χ0v) is 13.6. The summed E-state index contributed by atoms with van der Waals surface area (Å²) in [5, 5.41) is 5.72. The molecule has 24 heavy (non-hydrogen) atoms. The lowest BCUT2D eigenvalue weighted by Gasteiger charge is -2.10. The number of carbonyl (C=O) groups is 1. The molecule has 0 unspecified atom stereocenters. The average molecular weight is 326 g/mol. The summed E-state index contributed by atoms with van der Waals surface area (Å²) < 4.78 is 11.3. The second-order valence-electron chi connectivity index (χ2n) is 5.68. The first-order chi connectivity index (χ1) is 11.8. The largest absolute Gasteiger partial charge is 0.490 e. The first-order valence-corrected chi connectivity index (χ1v) is 8.25. The molecule has 2 amide bonds. The Kier molecular flexibility index (Phi) is 5.56. The molecular weight excluding hydrogens is 304 g/mol. The van der Waals surface area contributed by atoms with E-state index in [2.05, 4.69) is 10.6 Å². The molecule has 1 heterocycles. The molecule has 0 fully saturated rings. The molecule has 0 aromatic heterocycles. The molecular formula is C19H22N2O3. The van der Waals surface area contributed by atoms with Gasteiger partial charge in [-0.15, -0.1) is 0 Å². The van der Waals surface area contributed by atoms with Crippen LogP contribution in [0.5, 0.6) is 11.5 Å². The zero-order valence-electron chi connectivity index (χ0n) is 13.6. The van der Waals surface area contributed by atoms with Gasteiger partial charge in [-0.25, -0.2) is 4.79 Å². The van der Waals surface area contributed by atoms with Gasteiger partial charge in [0.15, 0.2) is 11.5 Å². The number of carbonyl (C=O) groups excluding carboxylic acids is 1. The third-order valence-electron chi connectivity index (χ3n) is 3.81. The van der Waals surface area contributed by atoms with Crippen LogP contribution in [0.25, 0.3) is 0 Å². The van der Waals surface area contributed by atoms with Crippen LogP contribution >= 0.6 is 0 Å². The Hall–Kier alpha value is -2.69. The summed E-state index contributed by atoms with van der Waals surface area (Å²) >= 11 is 0. The molecule has 5 heteroatoms. The van der Waals surface area contributed by atoms with Gasteiger partial charge in [0.2, 0.25) is 0 Å². The summed E-state index contributed by atoms with van der Waals surface area (Å²) in [4.78, 5) is 11.8. The van der Waals surface area contributed by atoms with E-state index in [1.54, 1.807) is 0 Å². The molecule has 2 N–H and O–H groups in total. The highest BCUT2D eigenvalue weighted by Crippen LogP contribution is 2.30. The van der Waals surface area contributed by atoms with Crippen LogP contribution in [0.4, 0.5) is 4.79 Å². The Labute approximate surface area is 142 Å².